The Bertz CT molecular complexity index is 1410. The molecular weight excluding hydrogens is 476 g/mol. The number of pyridine rings is 1. The maximum atomic E-state index is 13.2. The Morgan fingerprint density at radius 1 is 1.18 bits per heavy atom. The van der Waals surface area contributed by atoms with Crippen LogP contribution in [0.4, 0.5) is 11.5 Å². The van der Waals surface area contributed by atoms with Crippen molar-refractivity contribution < 1.29 is 9.90 Å². The summed E-state index contributed by atoms with van der Waals surface area (Å²) in [5.41, 5.74) is 6.50. The second-order valence-corrected chi connectivity index (χ2v) is 10.6. The lowest BCUT2D eigenvalue weighted by atomic mass is 9.98. The third-order valence-electron chi connectivity index (χ3n) is 7.44. The summed E-state index contributed by atoms with van der Waals surface area (Å²) in [7, 11) is 3.85. The number of hydrogen-bond donors (Lipinski definition) is 3. The first-order valence-corrected chi connectivity index (χ1v) is 13.2. The lowest BCUT2D eigenvalue weighted by Crippen LogP contribution is -2.36. The van der Waals surface area contributed by atoms with Gasteiger partial charge in [0.15, 0.2) is 5.69 Å². The number of nitrogens with one attached hydrogen (secondary N) is 2. The van der Waals surface area contributed by atoms with E-state index in [1.165, 1.54) is 11.1 Å². The average Bonchev–Trinajstić information content (AvgIpc) is 3.27. The van der Waals surface area contributed by atoms with E-state index in [9.17, 15) is 9.90 Å². The Morgan fingerprint density at radius 3 is 2.68 bits per heavy atom. The number of rotatable bonds is 6. The van der Waals surface area contributed by atoms with E-state index in [4.69, 9.17) is 0 Å². The van der Waals surface area contributed by atoms with E-state index in [-0.39, 0.29) is 12.0 Å². The molecule has 2 aromatic heterocycles. The van der Waals surface area contributed by atoms with E-state index in [1.54, 1.807) is 6.20 Å². The van der Waals surface area contributed by atoms with E-state index in [1.807, 2.05) is 43.3 Å². The number of aromatic nitrogens is 3. The summed E-state index contributed by atoms with van der Waals surface area (Å²) in [4.78, 5) is 21.9. The number of aliphatic hydroxyl groups excluding tert-OH is 1. The molecule has 1 atom stereocenters. The fourth-order valence-corrected chi connectivity index (χ4v) is 5.00. The second kappa shape index (κ2) is 10.9. The number of hydrogen-bond acceptors (Lipinski definition) is 6. The molecule has 1 fully saturated rings. The Balaban J connectivity index is 1.41. The molecule has 1 amide bonds. The van der Waals surface area contributed by atoms with Gasteiger partial charge < -0.3 is 15.3 Å². The number of benzene rings is 1. The fourth-order valence-electron chi connectivity index (χ4n) is 5.00. The molecule has 1 saturated heterocycles. The SMILES string of the molecule is CC1=CC(c2ccc3[nH]nc(C(=O)Nc4ccc(N(C)C)nc4)c3c2)=CC(CN2CCC(O)CC2)=CC1C. The maximum Gasteiger partial charge on any atom is 0.276 e. The number of aliphatic hydroxyl groups is 1. The first kappa shape index (κ1) is 25.9. The van der Waals surface area contributed by atoms with Crippen LogP contribution < -0.4 is 10.2 Å². The monoisotopic (exact) mass is 512 g/mol. The predicted molar refractivity (Wildman–Crippen MR) is 153 cm³/mol. The van der Waals surface area contributed by atoms with Gasteiger partial charge in [0.05, 0.1) is 23.5 Å². The van der Waals surface area contributed by atoms with Crippen LogP contribution in [0, 0.1) is 5.92 Å². The highest BCUT2D eigenvalue weighted by Gasteiger charge is 2.20. The number of carbonyl (C=O) groups is 1. The Hall–Kier alpha value is -3.75. The molecule has 1 unspecified atom stereocenters. The molecule has 8 heteroatoms. The summed E-state index contributed by atoms with van der Waals surface area (Å²) in [6.45, 7) is 7.08. The third-order valence-corrected chi connectivity index (χ3v) is 7.44. The highest BCUT2D eigenvalue weighted by atomic mass is 16.3. The molecule has 0 bridgehead atoms. The van der Waals surface area contributed by atoms with Gasteiger partial charge in [-0.15, -0.1) is 0 Å². The van der Waals surface area contributed by atoms with Crippen molar-refractivity contribution in [2.75, 3.05) is 43.9 Å². The molecular formula is C30H36N6O2. The lowest BCUT2D eigenvalue weighted by molar-refractivity contribution is 0.0872. The van der Waals surface area contributed by atoms with Gasteiger partial charge in [0.2, 0.25) is 0 Å². The van der Waals surface area contributed by atoms with Gasteiger partial charge in [-0.1, -0.05) is 36.8 Å². The maximum absolute atomic E-state index is 13.2. The molecule has 3 N–H and O–H groups in total. The van der Waals surface area contributed by atoms with Crippen molar-refractivity contribution in [3.63, 3.8) is 0 Å². The van der Waals surface area contributed by atoms with Gasteiger partial charge in [-0.2, -0.15) is 5.10 Å². The van der Waals surface area contributed by atoms with Gasteiger partial charge in [-0.3, -0.25) is 14.8 Å². The summed E-state index contributed by atoms with van der Waals surface area (Å²) < 4.78 is 0. The lowest BCUT2D eigenvalue weighted by Gasteiger charge is -2.30. The van der Waals surface area contributed by atoms with Gasteiger partial charge in [0, 0.05) is 39.1 Å². The van der Waals surface area contributed by atoms with Crippen molar-refractivity contribution >= 4 is 33.9 Å². The zero-order valence-corrected chi connectivity index (χ0v) is 22.5. The molecule has 1 aliphatic carbocycles. The Kier molecular flexibility index (Phi) is 7.44. The first-order valence-electron chi connectivity index (χ1n) is 13.2. The second-order valence-electron chi connectivity index (χ2n) is 10.6. The summed E-state index contributed by atoms with van der Waals surface area (Å²) >= 11 is 0. The number of H-pyrrole nitrogens is 1. The number of piperidine rings is 1. The number of aromatic amines is 1. The summed E-state index contributed by atoms with van der Waals surface area (Å²) in [6.07, 6.45) is 9.97. The largest absolute Gasteiger partial charge is 0.393 e. The number of amides is 1. The molecule has 2 aliphatic rings. The molecule has 0 radical (unpaired) electrons. The molecule has 0 spiro atoms. The fraction of sp³-hybridized carbons (Fsp3) is 0.367. The van der Waals surface area contributed by atoms with Gasteiger partial charge in [0.1, 0.15) is 5.82 Å². The number of carbonyl (C=O) groups excluding carboxylic acids is 1. The standard InChI is InChI=1S/C30H36N6O2/c1-19-13-21(18-36-11-9-25(37)10-12-36)15-23(14-20(19)2)22-5-7-27-26(16-22)29(34-33-27)30(38)32-24-6-8-28(31-17-24)35(3)4/h5-8,13-17,19,25,37H,9-12,18H2,1-4H3,(H,32,38)(H,33,34). The van der Waals surface area contributed by atoms with Crippen LogP contribution in [0.25, 0.3) is 16.5 Å². The summed E-state index contributed by atoms with van der Waals surface area (Å²) in [5, 5.41) is 20.9. The molecule has 38 heavy (non-hydrogen) atoms. The molecule has 1 aliphatic heterocycles. The van der Waals surface area contributed by atoms with Crippen LogP contribution in [0.5, 0.6) is 0 Å². The van der Waals surface area contributed by atoms with E-state index in [0.29, 0.717) is 17.3 Å². The quantitative estimate of drug-likeness (QED) is 0.445. The Labute approximate surface area is 223 Å². The van der Waals surface area contributed by atoms with Crippen molar-refractivity contribution in [1.82, 2.24) is 20.1 Å². The number of allylic oxidation sites excluding steroid dienone is 4. The molecule has 3 heterocycles. The predicted octanol–water partition coefficient (Wildman–Crippen LogP) is 4.64. The van der Waals surface area contributed by atoms with Crippen LogP contribution in [0.15, 0.2) is 65.9 Å². The first-order chi connectivity index (χ1) is 18.3. The smallest absolute Gasteiger partial charge is 0.276 e. The van der Waals surface area contributed by atoms with Crippen LogP contribution in [0.1, 0.15) is 42.7 Å². The van der Waals surface area contributed by atoms with Crippen LogP contribution in [0.3, 0.4) is 0 Å². The molecule has 1 aromatic carbocycles. The zero-order chi connectivity index (χ0) is 26.8. The van der Waals surface area contributed by atoms with Crippen molar-refractivity contribution in [2.24, 2.45) is 5.92 Å². The van der Waals surface area contributed by atoms with Gasteiger partial charge in [-0.25, -0.2) is 4.98 Å². The third kappa shape index (κ3) is 5.71. The highest BCUT2D eigenvalue weighted by Crippen LogP contribution is 2.30. The number of fused-ring (bicyclic) bond motifs is 1. The van der Waals surface area contributed by atoms with Crippen molar-refractivity contribution in [1.29, 1.82) is 0 Å². The average molecular weight is 513 g/mol. The van der Waals surface area contributed by atoms with E-state index >= 15 is 0 Å². The Morgan fingerprint density at radius 2 is 1.97 bits per heavy atom. The molecule has 198 valence electrons. The molecule has 8 nitrogen and oxygen atoms in total. The number of anilines is 2. The number of nitrogens with zero attached hydrogens (tertiary/aromatic N) is 4. The van der Waals surface area contributed by atoms with Crippen LogP contribution >= 0.6 is 0 Å². The minimum absolute atomic E-state index is 0.176. The zero-order valence-electron chi connectivity index (χ0n) is 22.5. The van der Waals surface area contributed by atoms with E-state index < -0.39 is 0 Å². The molecule has 0 saturated carbocycles. The van der Waals surface area contributed by atoms with Gasteiger partial charge in [0.25, 0.3) is 5.91 Å². The minimum atomic E-state index is -0.282. The van der Waals surface area contributed by atoms with Crippen molar-refractivity contribution in [3.8, 4) is 0 Å². The van der Waals surface area contributed by atoms with Gasteiger partial charge >= 0.3 is 0 Å². The van der Waals surface area contributed by atoms with Crippen molar-refractivity contribution in [3.05, 3.63) is 77.2 Å². The van der Waals surface area contributed by atoms with Crippen LogP contribution in [0.2, 0.25) is 0 Å². The normalized spacial score (nSPS) is 19.0. The molecule has 5 rings (SSSR count). The topological polar surface area (TPSA) is 97.4 Å². The van der Waals surface area contributed by atoms with Gasteiger partial charge in [-0.05, 0) is 66.7 Å². The summed E-state index contributed by atoms with van der Waals surface area (Å²) in [6, 6.07) is 9.80. The highest BCUT2D eigenvalue weighted by molar-refractivity contribution is 6.11. The summed E-state index contributed by atoms with van der Waals surface area (Å²) in [5.74, 6) is 0.870. The number of likely N-dealkylation sites (tertiary alicyclic amines) is 1. The van der Waals surface area contributed by atoms with Crippen LogP contribution in [-0.4, -0.2) is 70.9 Å². The molecule has 3 aromatic rings. The van der Waals surface area contributed by atoms with Crippen LogP contribution in [-0.2, 0) is 0 Å². The van der Waals surface area contributed by atoms with E-state index in [0.717, 1.165) is 60.3 Å². The minimum Gasteiger partial charge on any atom is -0.393 e. The van der Waals surface area contributed by atoms with E-state index in [2.05, 4.69) is 63.5 Å². The van der Waals surface area contributed by atoms with Crippen molar-refractivity contribution in [2.45, 2.75) is 32.8 Å².